The Labute approximate surface area is 302 Å². The molecule has 296 valence electrons. The van der Waals surface area contributed by atoms with Gasteiger partial charge in [-0.05, 0) is 32.1 Å². The van der Waals surface area contributed by atoms with E-state index in [2.05, 4.69) is 25.2 Å². The second kappa shape index (κ2) is 30.3. The lowest BCUT2D eigenvalue weighted by Crippen LogP contribution is -2.60. The number of amides is 1. The Hall–Kier alpha value is -1.15. The van der Waals surface area contributed by atoms with E-state index in [4.69, 9.17) is 9.47 Å². The molecule has 9 unspecified atom stereocenters. The van der Waals surface area contributed by atoms with E-state index in [0.717, 1.165) is 44.9 Å². The maximum Gasteiger partial charge on any atom is 0.249 e. The van der Waals surface area contributed by atoms with Crippen LogP contribution in [0.1, 0.15) is 162 Å². The highest BCUT2D eigenvalue weighted by atomic mass is 16.7. The van der Waals surface area contributed by atoms with Crippen molar-refractivity contribution in [3.05, 3.63) is 12.2 Å². The number of aliphatic hydroxyl groups is 7. The van der Waals surface area contributed by atoms with Gasteiger partial charge in [0.25, 0.3) is 0 Å². The van der Waals surface area contributed by atoms with Crippen LogP contribution in [0.3, 0.4) is 0 Å². The van der Waals surface area contributed by atoms with Crippen molar-refractivity contribution < 1.29 is 50.0 Å². The van der Waals surface area contributed by atoms with Gasteiger partial charge in [-0.15, -0.1) is 0 Å². The Morgan fingerprint density at radius 1 is 0.680 bits per heavy atom. The molecule has 0 aromatic rings. The summed E-state index contributed by atoms with van der Waals surface area (Å²) in [7, 11) is 0. The summed E-state index contributed by atoms with van der Waals surface area (Å²) in [6, 6.07) is -1.18. The van der Waals surface area contributed by atoms with Crippen molar-refractivity contribution in [1.82, 2.24) is 5.32 Å². The maximum atomic E-state index is 13.0. The maximum absolute atomic E-state index is 13.0. The molecule has 1 amide bonds. The van der Waals surface area contributed by atoms with Gasteiger partial charge in [-0.3, -0.25) is 4.79 Å². The number of unbranched alkanes of at least 4 members (excludes halogenated alkanes) is 18. The molecule has 0 bridgehead atoms. The fourth-order valence-electron chi connectivity index (χ4n) is 6.37. The van der Waals surface area contributed by atoms with Crippen LogP contribution in [-0.4, -0.2) is 110 Å². The molecule has 1 fully saturated rings. The van der Waals surface area contributed by atoms with Crippen LogP contribution in [0.5, 0.6) is 0 Å². The summed E-state index contributed by atoms with van der Waals surface area (Å²) >= 11 is 0. The number of ether oxygens (including phenoxy) is 2. The van der Waals surface area contributed by atoms with Gasteiger partial charge < -0.3 is 50.5 Å². The molecule has 0 saturated carbocycles. The second-order valence-corrected chi connectivity index (χ2v) is 14.4. The lowest BCUT2D eigenvalue weighted by molar-refractivity contribution is -0.303. The van der Waals surface area contributed by atoms with Crippen LogP contribution in [0.2, 0.25) is 0 Å². The van der Waals surface area contributed by atoms with Gasteiger partial charge in [0.15, 0.2) is 6.29 Å². The zero-order valence-electron chi connectivity index (χ0n) is 31.4. The van der Waals surface area contributed by atoms with E-state index in [9.17, 15) is 40.5 Å². The zero-order chi connectivity index (χ0) is 37.0. The van der Waals surface area contributed by atoms with Gasteiger partial charge in [0, 0.05) is 0 Å². The summed E-state index contributed by atoms with van der Waals surface area (Å²) < 4.78 is 11.0. The number of rotatable bonds is 32. The fraction of sp³-hybridized carbons (Fsp3) is 0.923. The monoisotopic (exact) mass is 718 g/mol. The molecule has 1 aliphatic heterocycles. The van der Waals surface area contributed by atoms with Crippen LogP contribution in [0.4, 0.5) is 0 Å². The molecule has 0 spiro atoms. The van der Waals surface area contributed by atoms with Crippen molar-refractivity contribution in [3.63, 3.8) is 0 Å². The smallest absolute Gasteiger partial charge is 0.249 e. The fourth-order valence-corrected chi connectivity index (χ4v) is 6.37. The number of hydrogen-bond acceptors (Lipinski definition) is 10. The highest BCUT2D eigenvalue weighted by molar-refractivity contribution is 5.80. The Balaban J connectivity index is 2.47. The van der Waals surface area contributed by atoms with Crippen molar-refractivity contribution >= 4 is 5.91 Å². The van der Waals surface area contributed by atoms with Crippen LogP contribution in [0, 0.1) is 0 Å². The SMILES string of the molecule is CCCC/C=C/CCCC(O)C(O)C(COC1OC(CO)C(O)C(O)C1O)NC(=O)C(O)CCCCCCCCCCCCCCCCCC. The van der Waals surface area contributed by atoms with Gasteiger partial charge in [0.05, 0.1) is 25.4 Å². The largest absolute Gasteiger partial charge is 0.394 e. The van der Waals surface area contributed by atoms with Crippen LogP contribution in [-0.2, 0) is 14.3 Å². The van der Waals surface area contributed by atoms with Gasteiger partial charge in [0.1, 0.15) is 36.6 Å². The molecule has 11 heteroatoms. The normalized spacial score (nSPS) is 23.6. The number of hydrogen-bond donors (Lipinski definition) is 8. The third kappa shape index (κ3) is 20.8. The van der Waals surface area contributed by atoms with Crippen molar-refractivity contribution in [2.24, 2.45) is 0 Å². The molecule has 0 radical (unpaired) electrons. The van der Waals surface area contributed by atoms with Gasteiger partial charge in [-0.25, -0.2) is 0 Å². The average molecular weight is 718 g/mol. The number of allylic oxidation sites excluding steroid dienone is 2. The molecule has 0 aromatic heterocycles. The summed E-state index contributed by atoms with van der Waals surface area (Å²) in [5.74, 6) is -0.710. The van der Waals surface area contributed by atoms with Gasteiger partial charge in [0.2, 0.25) is 5.91 Å². The quantitative estimate of drug-likeness (QED) is 0.0350. The minimum atomic E-state index is -1.66. The van der Waals surface area contributed by atoms with E-state index >= 15 is 0 Å². The highest BCUT2D eigenvalue weighted by Gasteiger charge is 2.44. The van der Waals surface area contributed by atoms with E-state index in [1.807, 2.05) is 6.08 Å². The second-order valence-electron chi connectivity index (χ2n) is 14.4. The third-order valence-corrected chi connectivity index (χ3v) is 9.82. The average Bonchev–Trinajstić information content (AvgIpc) is 3.11. The number of nitrogens with one attached hydrogen (secondary N) is 1. The van der Waals surface area contributed by atoms with Crippen molar-refractivity contribution in [2.75, 3.05) is 13.2 Å². The number of carbonyl (C=O) groups is 1. The number of carbonyl (C=O) groups excluding carboxylic acids is 1. The molecular weight excluding hydrogens is 642 g/mol. The summed E-state index contributed by atoms with van der Waals surface area (Å²) in [6.07, 6.45) is 17.3. The molecule has 1 saturated heterocycles. The Morgan fingerprint density at radius 2 is 1.18 bits per heavy atom. The summed E-state index contributed by atoms with van der Waals surface area (Å²) in [6.45, 7) is 3.31. The Bertz CT molecular complexity index is 831. The minimum Gasteiger partial charge on any atom is -0.394 e. The predicted octanol–water partition coefficient (Wildman–Crippen LogP) is 4.94. The molecule has 0 aliphatic carbocycles. The zero-order valence-corrected chi connectivity index (χ0v) is 31.4. The van der Waals surface area contributed by atoms with Crippen molar-refractivity contribution in [1.29, 1.82) is 0 Å². The molecule has 1 rings (SSSR count). The van der Waals surface area contributed by atoms with Gasteiger partial charge in [-0.2, -0.15) is 0 Å². The Kier molecular flexibility index (Phi) is 28.4. The van der Waals surface area contributed by atoms with E-state index in [1.54, 1.807) is 0 Å². The van der Waals surface area contributed by atoms with Crippen LogP contribution in [0.15, 0.2) is 12.2 Å². The molecule has 0 aromatic carbocycles. The first-order valence-electron chi connectivity index (χ1n) is 20.1. The lowest BCUT2D eigenvalue weighted by atomic mass is 9.98. The van der Waals surface area contributed by atoms with Crippen LogP contribution in [0.25, 0.3) is 0 Å². The standard InChI is InChI=1S/C39H75NO10/c1-3-5-7-9-11-12-13-14-15-16-17-18-19-21-23-25-27-32(43)38(48)40-30(34(44)31(42)26-24-22-20-10-8-6-4-2)29-49-39-37(47)36(46)35(45)33(28-41)50-39/h10,20,30-37,39,41-47H,3-9,11-19,21-29H2,1-2H3,(H,40,48)/b20-10+. The summed E-state index contributed by atoms with van der Waals surface area (Å²) in [5, 5.41) is 75.0. The Morgan fingerprint density at radius 3 is 1.70 bits per heavy atom. The van der Waals surface area contributed by atoms with Gasteiger partial charge in [-0.1, -0.05) is 142 Å². The molecule has 11 nitrogen and oxygen atoms in total. The van der Waals surface area contributed by atoms with Crippen LogP contribution < -0.4 is 5.32 Å². The molecule has 8 N–H and O–H groups in total. The summed E-state index contributed by atoms with van der Waals surface area (Å²) in [4.78, 5) is 13.0. The summed E-state index contributed by atoms with van der Waals surface area (Å²) in [5.41, 5.74) is 0. The van der Waals surface area contributed by atoms with Crippen LogP contribution >= 0.6 is 0 Å². The molecule has 1 aliphatic rings. The molecule has 1 heterocycles. The molecule has 9 atom stereocenters. The number of aliphatic hydroxyl groups excluding tert-OH is 7. The molecular formula is C39H75NO10. The van der Waals surface area contributed by atoms with E-state index < -0.39 is 74.2 Å². The first-order chi connectivity index (χ1) is 24.2. The van der Waals surface area contributed by atoms with E-state index in [-0.39, 0.29) is 12.8 Å². The topological polar surface area (TPSA) is 189 Å². The van der Waals surface area contributed by atoms with Gasteiger partial charge >= 0.3 is 0 Å². The van der Waals surface area contributed by atoms with E-state index in [1.165, 1.54) is 77.0 Å². The first-order valence-corrected chi connectivity index (χ1v) is 20.1. The molecule has 50 heavy (non-hydrogen) atoms. The minimum absolute atomic E-state index is 0.257. The van der Waals surface area contributed by atoms with Crippen molar-refractivity contribution in [3.8, 4) is 0 Å². The lowest BCUT2D eigenvalue weighted by Gasteiger charge is -2.40. The third-order valence-electron chi connectivity index (χ3n) is 9.82. The van der Waals surface area contributed by atoms with E-state index in [0.29, 0.717) is 12.8 Å². The first kappa shape index (κ1) is 46.9. The van der Waals surface area contributed by atoms with Crippen molar-refractivity contribution in [2.45, 2.75) is 217 Å². The predicted molar refractivity (Wildman–Crippen MR) is 196 cm³/mol. The highest BCUT2D eigenvalue weighted by Crippen LogP contribution is 2.23.